The Hall–Kier alpha value is -0.0900. The van der Waals surface area contributed by atoms with Crippen LogP contribution in [-0.2, 0) is 13.9 Å². The Morgan fingerprint density at radius 1 is 1.17 bits per heavy atom. The largest absolute Gasteiger partial charge is 1.00 e. The zero-order valence-corrected chi connectivity index (χ0v) is 26.0. The minimum Gasteiger partial charge on any atom is -0.778 e. The Labute approximate surface area is 256 Å². The minimum atomic E-state index is -4.50. The summed E-state index contributed by atoms with van der Waals surface area (Å²) in [6.07, 6.45) is -0.861. The van der Waals surface area contributed by atoms with Crippen molar-refractivity contribution in [1.29, 1.82) is 0 Å². The van der Waals surface area contributed by atoms with Crippen molar-refractivity contribution in [2.75, 3.05) is 12.8 Å². The molecule has 0 aromatic heterocycles. The summed E-state index contributed by atoms with van der Waals surface area (Å²) in [5.41, 5.74) is 2.02. The van der Waals surface area contributed by atoms with Gasteiger partial charge in [-0.05, 0) is 42.0 Å². The molecule has 2 aromatic carbocycles. The molecule has 0 aliphatic carbocycles. The zero-order valence-electron chi connectivity index (χ0n) is 21.1. The average molecular weight is 537 g/mol. The summed E-state index contributed by atoms with van der Waals surface area (Å²) in [5.74, 6) is -2.21. The molecule has 2 N–H and O–H groups in total. The number of aliphatic hydroxyl groups excluding tert-OH is 1. The number of nitrogens with one attached hydrogen (secondary N) is 1. The van der Waals surface area contributed by atoms with Gasteiger partial charge in [-0.15, -0.1) is 0 Å². The number of aliphatic hydroxyl groups is 1. The molecule has 1 aliphatic heterocycles. The first-order valence-corrected chi connectivity index (χ1v) is 13.3. The summed E-state index contributed by atoms with van der Waals surface area (Å²) < 4.78 is 31.4. The van der Waals surface area contributed by atoms with Gasteiger partial charge in [0.1, 0.15) is 13.4 Å². The Morgan fingerprint density at radius 2 is 1.81 bits per heavy atom. The summed E-state index contributed by atoms with van der Waals surface area (Å²) in [4.78, 5) is 23.1. The number of carboxylic acids is 1. The molecule has 1 heterocycles. The number of hydrogen-bond donors (Lipinski definition) is 2. The number of rotatable bonds is 11. The van der Waals surface area contributed by atoms with Gasteiger partial charge in [0, 0.05) is 36.6 Å². The number of piperidine rings is 1. The van der Waals surface area contributed by atoms with Crippen LogP contribution in [0.3, 0.4) is 0 Å². The Balaban J connectivity index is 0.00000324. The van der Waals surface area contributed by atoms with E-state index in [0.717, 1.165) is 24.0 Å². The van der Waals surface area contributed by atoms with Crippen molar-refractivity contribution >= 4 is 13.6 Å². The summed E-state index contributed by atoms with van der Waals surface area (Å²) in [6, 6.07) is 16.2. The third-order valence-corrected chi connectivity index (χ3v) is 7.75. The van der Waals surface area contributed by atoms with Crippen LogP contribution in [-0.4, -0.2) is 36.0 Å². The van der Waals surface area contributed by atoms with Gasteiger partial charge < -0.3 is 34.3 Å². The first-order chi connectivity index (χ1) is 16.2. The predicted octanol–water partition coefficient (Wildman–Crippen LogP) is -3.49. The fourth-order valence-corrected chi connectivity index (χ4v) is 5.93. The number of aliphatic carboxylic acids is 1. The normalized spacial score (nSPS) is 24.0. The fraction of sp³-hybridized carbons (Fsp3) is 0.480. The maximum atomic E-state index is 13.6. The van der Waals surface area contributed by atoms with Gasteiger partial charge >= 0.3 is 59.1 Å². The first-order valence-electron chi connectivity index (χ1n) is 11.6. The minimum absolute atomic E-state index is 0. The van der Waals surface area contributed by atoms with Crippen LogP contribution in [0.2, 0.25) is 0 Å². The van der Waals surface area contributed by atoms with Crippen LogP contribution in [0.15, 0.2) is 54.6 Å². The zero-order chi connectivity index (χ0) is 24.7. The smallest absolute Gasteiger partial charge is 0.778 e. The summed E-state index contributed by atoms with van der Waals surface area (Å²) in [5, 5.41) is 24.0. The maximum absolute atomic E-state index is 13.6. The molecule has 36 heavy (non-hydrogen) atoms. The number of carboxylic acid groups (broad SMARTS) is 1. The second-order valence-corrected chi connectivity index (χ2v) is 10.7. The van der Waals surface area contributed by atoms with Gasteiger partial charge in [0.15, 0.2) is 0 Å². The van der Waals surface area contributed by atoms with E-state index in [1.54, 1.807) is 12.1 Å². The van der Waals surface area contributed by atoms with Crippen LogP contribution in [0.1, 0.15) is 55.7 Å². The van der Waals surface area contributed by atoms with Crippen LogP contribution >= 0.6 is 7.60 Å². The van der Waals surface area contributed by atoms with E-state index in [4.69, 9.17) is 4.52 Å². The van der Waals surface area contributed by atoms with E-state index in [-0.39, 0.29) is 95.5 Å². The summed E-state index contributed by atoms with van der Waals surface area (Å²) >= 11 is 0. The molecule has 0 amide bonds. The number of benzene rings is 2. The van der Waals surface area contributed by atoms with Gasteiger partial charge in [0.2, 0.25) is 0 Å². The molecule has 5 unspecified atom stereocenters. The van der Waals surface area contributed by atoms with E-state index < -0.39 is 32.3 Å². The molecule has 11 heteroatoms. The Kier molecular flexibility index (Phi) is 15.2. The molecule has 0 saturated carbocycles. The van der Waals surface area contributed by atoms with Crippen molar-refractivity contribution < 1.29 is 92.5 Å². The number of carbonyl (C=O) groups is 1. The molecular weight excluding hydrogens is 506 g/mol. The standard InChI is InChI=1S/C25H33FNO6P.2Na/c1-2-6-23-22(15-33-34(31,32)16-20(28)13-25(29)30)21(17-9-11-19(26)12-10-17)14-24(27-23)18-7-4-3-5-8-18;;/h3-5,7-12,20-24,27-28H,2,6,13-16H2,1H3,(H,29,30)(H,31,32);;/q;2*+1/p-2/t20-,21?,22?,23?,24?;;/m1../s1. The van der Waals surface area contributed by atoms with Crippen molar-refractivity contribution in [2.24, 2.45) is 5.92 Å². The molecule has 1 fully saturated rings. The van der Waals surface area contributed by atoms with Gasteiger partial charge in [-0.3, -0.25) is 0 Å². The molecular formula is C25H31FNNa2O6P. The molecule has 7 nitrogen and oxygen atoms in total. The van der Waals surface area contributed by atoms with E-state index >= 15 is 0 Å². The second kappa shape index (κ2) is 16.1. The average Bonchev–Trinajstić information content (AvgIpc) is 2.78. The van der Waals surface area contributed by atoms with E-state index in [1.165, 1.54) is 12.1 Å². The van der Waals surface area contributed by atoms with Crippen molar-refractivity contribution in [3.8, 4) is 0 Å². The van der Waals surface area contributed by atoms with Crippen LogP contribution in [0.5, 0.6) is 0 Å². The molecule has 3 rings (SSSR count). The Bertz CT molecular complexity index is 984. The van der Waals surface area contributed by atoms with Gasteiger partial charge in [0.25, 0.3) is 0 Å². The van der Waals surface area contributed by atoms with Gasteiger partial charge in [-0.1, -0.05) is 55.8 Å². The van der Waals surface area contributed by atoms with Crippen molar-refractivity contribution in [2.45, 2.75) is 56.7 Å². The van der Waals surface area contributed by atoms with E-state index in [0.29, 0.717) is 6.42 Å². The summed E-state index contributed by atoms with van der Waals surface area (Å²) in [7, 11) is -4.50. The maximum Gasteiger partial charge on any atom is 1.00 e. The third-order valence-electron chi connectivity index (χ3n) is 6.34. The fourth-order valence-electron chi connectivity index (χ4n) is 4.78. The van der Waals surface area contributed by atoms with E-state index in [2.05, 4.69) is 5.32 Å². The van der Waals surface area contributed by atoms with Gasteiger partial charge in [0.05, 0.1) is 12.7 Å². The van der Waals surface area contributed by atoms with Crippen LogP contribution in [0.4, 0.5) is 4.39 Å². The molecule has 0 radical (unpaired) electrons. The molecule has 2 aromatic rings. The molecule has 1 aliphatic rings. The number of halogens is 1. The van der Waals surface area contributed by atoms with E-state index in [9.17, 15) is 28.9 Å². The van der Waals surface area contributed by atoms with E-state index in [1.807, 2.05) is 37.3 Å². The third kappa shape index (κ3) is 10.2. The van der Waals surface area contributed by atoms with Crippen molar-refractivity contribution in [3.05, 3.63) is 71.5 Å². The monoisotopic (exact) mass is 537 g/mol. The van der Waals surface area contributed by atoms with Crippen molar-refractivity contribution in [1.82, 2.24) is 5.32 Å². The summed E-state index contributed by atoms with van der Waals surface area (Å²) in [6.45, 7) is 1.92. The van der Waals surface area contributed by atoms with Crippen molar-refractivity contribution in [3.63, 3.8) is 0 Å². The van der Waals surface area contributed by atoms with Gasteiger partial charge in [-0.2, -0.15) is 0 Å². The quantitative estimate of drug-likeness (QED) is 0.226. The van der Waals surface area contributed by atoms with Crippen LogP contribution in [0.25, 0.3) is 0 Å². The van der Waals surface area contributed by atoms with Gasteiger partial charge in [-0.25, -0.2) is 4.39 Å². The van der Waals surface area contributed by atoms with Crippen LogP contribution in [0, 0.1) is 11.7 Å². The molecule has 6 atom stereocenters. The first kappa shape index (κ1) is 33.9. The van der Waals surface area contributed by atoms with Crippen LogP contribution < -0.4 is 74.4 Å². The number of hydrogen-bond acceptors (Lipinski definition) is 7. The topological polar surface area (TPSA) is 122 Å². The SMILES string of the molecule is CCCC1NC(c2ccccc2)CC(c2ccc(F)cc2)C1COP(=O)([O-])C[C@H](O)CC(=O)[O-].[Na+].[Na+]. The molecule has 0 spiro atoms. The molecule has 1 saturated heterocycles. The predicted molar refractivity (Wildman–Crippen MR) is 122 cm³/mol. The Morgan fingerprint density at radius 3 is 2.39 bits per heavy atom. The molecule has 186 valence electrons. The second-order valence-electron chi connectivity index (χ2n) is 8.90. The number of carbonyl (C=O) groups excluding carboxylic acids is 1. The molecule has 0 bridgehead atoms.